The van der Waals surface area contributed by atoms with Gasteiger partial charge in [0.05, 0.1) is 6.54 Å². The number of rotatable bonds is 6. The molecule has 0 heterocycles. The minimum atomic E-state index is 0.175. The topological polar surface area (TPSA) is 20.3 Å². The molecule has 2 rings (SSSR count). The standard InChI is InChI=1S/C19H23NO/c1-4-16-9-11-17(12-10-16)19(21)14-20(3)13-18-8-6-5-7-15(18)2/h5-12H,4,13-14H2,1-3H3. The van der Waals surface area contributed by atoms with Crippen molar-refractivity contribution in [3.05, 3.63) is 70.8 Å². The van der Waals surface area contributed by atoms with Crippen LogP contribution in [0, 0.1) is 6.92 Å². The maximum Gasteiger partial charge on any atom is 0.176 e. The van der Waals surface area contributed by atoms with Crippen molar-refractivity contribution >= 4 is 5.78 Å². The second kappa shape index (κ2) is 7.19. The first kappa shape index (κ1) is 15.5. The molecule has 0 saturated carbocycles. The Labute approximate surface area is 127 Å². The molecule has 0 aliphatic heterocycles. The lowest BCUT2D eigenvalue weighted by molar-refractivity contribution is 0.0943. The van der Waals surface area contributed by atoms with Gasteiger partial charge in [-0.2, -0.15) is 0 Å². The Morgan fingerprint density at radius 3 is 2.33 bits per heavy atom. The van der Waals surface area contributed by atoms with E-state index in [0.29, 0.717) is 6.54 Å². The van der Waals surface area contributed by atoms with Crippen molar-refractivity contribution in [1.82, 2.24) is 4.90 Å². The molecule has 2 heteroatoms. The van der Waals surface area contributed by atoms with Crippen molar-refractivity contribution < 1.29 is 4.79 Å². The SMILES string of the molecule is CCc1ccc(C(=O)CN(C)Cc2ccccc2C)cc1. The molecule has 2 aromatic rings. The number of likely N-dealkylation sites (N-methyl/N-ethyl adjacent to an activating group) is 1. The molecule has 0 fully saturated rings. The molecule has 0 aliphatic rings. The molecule has 0 aliphatic carbocycles. The quantitative estimate of drug-likeness (QED) is 0.749. The molecule has 0 amide bonds. The van der Waals surface area contributed by atoms with Crippen LogP contribution in [0.3, 0.4) is 0 Å². The van der Waals surface area contributed by atoms with Gasteiger partial charge in [-0.3, -0.25) is 9.69 Å². The largest absolute Gasteiger partial charge is 0.295 e. The van der Waals surface area contributed by atoms with Crippen molar-refractivity contribution in [2.45, 2.75) is 26.8 Å². The molecule has 2 nitrogen and oxygen atoms in total. The first-order valence-electron chi connectivity index (χ1n) is 7.45. The summed E-state index contributed by atoms with van der Waals surface area (Å²) in [4.78, 5) is 14.4. The molecule has 0 N–H and O–H groups in total. The number of hydrogen-bond acceptors (Lipinski definition) is 2. The van der Waals surface area contributed by atoms with Crippen LogP contribution in [0.1, 0.15) is 34.0 Å². The Morgan fingerprint density at radius 1 is 1.05 bits per heavy atom. The molecular weight excluding hydrogens is 258 g/mol. The van der Waals surface area contributed by atoms with Crippen molar-refractivity contribution in [1.29, 1.82) is 0 Å². The van der Waals surface area contributed by atoms with E-state index in [-0.39, 0.29) is 5.78 Å². The van der Waals surface area contributed by atoms with Crippen LogP contribution in [0.15, 0.2) is 48.5 Å². The molecule has 0 spiro atoms. The van der Waals surface area contributed by atoms with E-state index in [2.05, 4.69) is 30.9 Å². The van der Waals surface area contributed by atoms with Gasteiger partial charge < -0.3 is 0 Å². The van der Waals surface area contributed by atoms with Gasteiger partial charge in [0.25, 0.3) is 0 Å². The number of benzene rings is 2. The summed E-state index contributed by atoms with van der Waals surface area (Å²) in [7, 11) is 1.99. The van der Waals surface area contributed by atoms with Crippen LogP contribution in [-0.2, 0) is 13.0 Å². The zero-order chi connectivity index (χ0) is 15.2. The van der Waals surface area contributed by atoms with Gasteiger partial charge in [0.15, 0.2) is 5.78 Å². The zero-order valence-electron chi connectivity index (χ0n) is 13.1. The van der Waals surface area contributed by atoms with Crippen molar-refractivity contribution in [3.8, 4) is 0 Å². The van der Waals surface area contributed by atoms with Crippen molar-refractivity contribution in [2.75, 3.05) is 13.6 Å². The summed E-state index contributed by atoms with van der Waals surface area (Å²) in [5, 5.41) is 0. The van der Waals surface area contributed by atoms with Gasteiger partial charge in [-0.25, -0.2) is 0 Å². The summed E-state index contributed by atoms with van der Waals surface area (Å²) < 4.78 is 0. The highest BCUT2D eigenvalue weighted by molar-refractivity contribution is 5.97. The predicted octanol–water partition coefficient (Wildman–Crippen LogP) is 3.87. The predicted molar refractivity (Wildman–Crippen MR) is 87.7 cm³/mol. The van der Waals surface area contributed by atoms with E-state index in [1.165, 1.54) is 16.7 Å². The van der Waals surface area contributed by atoms with E-state index < -0.39 is 0 Å². The smallest absolute Gasteiger partial charge is 0.176 e. The molecule has 2 aromatic carbocycles. The lowest BCUT2D eigenvalue weighted by Crippen LogP contribution is -2.25. The third-order valence-electron chi connectivity index (χ3n) is 3.80. The van der Waals surface area contributed by atoms with Crippen LogP contribution in [-0.4, -0.2) is 24.3 Å². The second-order valence-electron chi connectivity index (χ2n) is 5.57. The van der Waals surface area contributed by atoms with Gasteiger partial charge in [-0.1, -0.05) is 55.5 Å². The monoisotopic (exact) mass is 281 g/mol. The summed E-state index contributed by atoms with van der Waals surface area (Å²) in [6.45, 7) is 5.46. The number of carbonyl (C=O) groups excluding carboxylic acids is 1. The Hall–Kier alpha value is -1.93. The van der Waals surface area contributed by atoms with Gasteiger partial charge in [-0.05, 0) is 37.1 Å². The van der Waals surface area contributed by atoms with Gasteiger partial charge in [-0.15, -0.1) is 0 Å². The van der Waals surface area contributed by atoms with Crippen molar-refractivity contribution in [3.63, 3.8) is 0 Å². The zero-order valence-corrected chi connectivity index (χ0v) is 13.1. The van der Waals surface area contributed by atoms with Crippen LogP contribution >= 0.6 is 0 Å². The van der Waals surface area contributed by atoms with E-state index in [4.69, 9.17) is 0 Å². The Bertz CT molecular complexity index is 601. The molecule has 0 bridgehead atoms. The van der Waals surface area contributed by atoms with Crippen LogP contribution in [0.5, 0.6) is 0 Å². The van der Waals surface area contributed by atoms with Crippen LogP contribution < -0.4 is 0 Å². The van der Waals surface area contributed by atoms with E-state index in [1.807, 2.05) is 43.4 Å². The van der Waals surface area contributed by atoms with E-state index in [1.54, 1.807) is 0 Å². The lowest BCUT2D eigenvalue weighted by Gasteiger charge is -2.17. The van der Waals surface area contributed by atoms with Crippen LogP contribution in [0.25, 0.3) is 0 Å². The Kier molecular flexibility index (Phi) is 5.29. The second-order valence-corrected chi connectivity index (χ2v) is 5.57. The Morgan fingerprint density at radius 2 is 1.71 bits per heavy atom. The van der Waals surface area contributed by atoms with Gasteiger partial charge in [0.2, 0.25) is 0 Å². The van der Waals surface area contributed by atoms with Crippen LogP contribution in [0.2, 0.25) is 0 Å². The highest BCUT2D eigenvalue weighted by Crippen LogP contribution is 2.11. The molecule has 110 valence electrons. The first-order chi connectivity index (χ1) is 10.1. The Balaban J connectivity index is 1.97. The van der Waals surface area contributed by atoms with Gasteiger partial charge in [0, 0.05) is 12.1 Å². The van der Waals surface area contributed by atoms with E-state index in [0.717, 1.165) is 18.5 Å². The molecule has 21 heavy (non-hydrogen) atoms. The highest BCUT2D eigenvalue weighted by atomic mass is 16.1. The maximum absolute atomic E-state index is 12.3. The molecule has 0 radical (unpaired) electrons. The maximum atomic E-state index is 12.3. The van der Waals surface area contributed by atoms with Gasteiger partial charge >= 0.3 is 0 Å². The number of nitrogens with zero attached hydrogens (tertiary/aromatic N) is 1. The molecule has 0 aromatic heterocycles. The lowest BCUT2D eigenvalue weighted by atomic mass is 10.1. The summed E-state index contributed by atoms with van der Waals surface area (Å²) in [5.41, 5.74) is 4.60. The fourth-order valence-electron chi connectivity index (χ4n) is 2.40. The van der Waals surface area contributed by atoms with Crippen molar-refractivity contribution in [2.24, 2.45) is 0 Å². The summed E-state index contributed by atoms with van der Waals surface area (Å²) in [6.07, 6.45) is 1.00. The highest BCUT2D eigenvalue weighted by Gasteiger charge is 2.10. The fourth-order valence-corrected chi connectivity index (χ4v) is 2.40. The molecule has 0 unspecified atom stereocenters. The fraction of sp³-hybridized carbons (Fsp3) is 0.316. The number of ketones is 1. The number of hydrogen-bond donors (Lipinski definition) is 0. The average molecular weight is 281 g/mol. The summed E-state index contributed by atoms with van der Waals surface area (Å²) >= 11 is 0. The molecular formula is C19H23NO. The van der Waals surface area contributed by atoms with E-state index in [9.17, 15) is 4.79 Å². The third kappa shape index (κ3) is 4.27. The van der Waals surface area contributed by atoms with Gasteiger partial charge in [0.1, 0.15) is 0 Å². The molecule has 0 saturated heterocycles. The number of Topliss-reactive ketones (excluding diaryl/α,β-unsaturated/α-hetero) is 1. The summed E-state index contributed by atoms with van der Waals surface area (Å²) in [6, 6.07) is 16.2. The summed E-state index contributed by atoms with van der Waals surface area (Å²) in [5.74, 6) is 0.175. The first-order valence-corrected chi connectivity index (χ1v) is 7.45. The van der Waals surface area contributed by atoms with Crippen LogP contribution in [0.4, 0.5) is 0 Å². The minimum Gasteiger partial charge on any atom is -0.295 e. The number of carbonyl (C=O) groups is 1. The van der Waals surface area contributed by atoms with E-state index >= 15 is 0 Å². The third-order valence-corrected chi connectivity index (χ3v) is 3.80. The minimum absolute atomic E-state index is 0.175. The normalized spacial score (nSPS) is 10.9. The average Bonchev–Trinajstić information content (AvgIpc) is 2.49. The number of aryl methyl sites for hydroxylation is 2. The molecule has 0 atom stereocenters.